The van der Waals surface area contributed by atoms with Gasteiger partial charge in [-0.05, 0) is 25.8 Å². The van der Waals surface area contributed by atoms with Gasteiger partial charge in [-0.1, -0.05) is 48.2 Å². The molecule has 0 radical (unpaired) electrons. The third-order valence-corrected chi connectivity index (χ3v) is 3.70. The fourth-order valence-electron chi connectivity index (χ4n) is 1.18. The van der Waals surface area contributed by atoms with Crippen LogP contribution in [-0.4, -0.2) is 10.9 Å². The Morgan fingerprint density at radius 2 is 2.00 bits per heavy atom. The predicted octanol–water partition coefficient (Wildman–Crippen LogP) is 3.70. The van der Waals surface area contributed by atoms with Gasteiger partial charge in [0, 0.05) is 5.75 Å². The number of allylic oxidation sites excluding steroid dienone is 1. The van der Waals surface area contributed by atoms with Gasteiger partial charge in [-0.2, -0.15) is 0 Å². The van der Waals surface area contributed by atoms with Gasteiger partial charge < -0.3 is 0 Å². The van der Waals surface area contributed by atoms with Crippen molar-refractivity contribution >= 4 is 16.9 Å². The van der Waals surface area contributed by atoms with E-state index >= 15 is 0 Å². The van der Waals surface area contributed by atoms with E-state index in [0.717, 1.165) is 12.2 Å². The highest BCUT2D eigenvalue weighted by atomic mass is 32.2. The molecule has 0 aliphatic carbocycles. The van der Waals surface area contributed by atoms with Crippen molar-refractivity contribution in [3.63, 3.8) is 0 Å². The van der Waals surface area contributed by atoms with Gasteiger partial charge in [0.05, 0.1) is 5.41 Å². The Labute approximate surface area is 102 Å². The van der Waals surface area contributed by atoms with Crippen LogP contribution in [0.25, 0.3) is 0 Å². The second-order valence-electron chi connectivity index (χ2n) is 4.30. The quantitative estimate of drug-likeness (QED) is 0.723. The molecule has 0 heterocycles. The second-order valence-corrected chi connectivity index (χ2v) is 5.37. The molecule has 1 aromatic rings. The van der Waals surface area contributed by atoms with Crippen LogP contribution in [0, 0.1) is 5.41 Å². The lowest BCUT2D eigenvalue weighted by molar-refractivity contribution is -0.116. The molecule has 0 aliphatic rings. The van der Waals surface area contributed by atoms with Crippen LogP contribution in [0.1, 0.15) is 19.4 Å². The van der Waals surface area contributed by atoms with E-state index in [1.165, 1.54) is 17.3 Å². The van der Waals surface area contributed by atoms with Crippen molar-refractivity contribution in [2.24, 2.45) is 5.41 Å². The molecule has 0 amide bonds. The topological polar surface area (TPSA) is 17.1 Å². The first kappa shape index (κ1) is 13.0. The number of benzene rings is 1. The summed E-state index contributed by atoms with van der Waals surface area (Å²) in [5.74, 6) is 0.833. The first-order valence-corrected chi connectivity index (χ1v) is 6.39. The summed E-state index contributed by atoms with van der Waals surface area (Å²) in [4.78, 5) is 11.8. The molecular formula is C14H18OS. The number of carbonyl (C=O) groups excluding carboxylic acids is 1. The number of hydrogen-bond donors (Lipinski definition) is 0. The zero-order valence-electron chi connectivity index (χ0n) is 9.90. The molecule has 0 aliphatic heterocycles. The van der Waals surface area contributed by atoms with Crippen molar-refractivity contribution < 1.29 is 4.79 Å². The van der Waals surface area contributed by atoms with E-state index < -0.39 is 5.41 Å². The standard InChI is InChI=1S/C14H18OS/c1-4-14(2,3)13(15)16-11-10-12-8-6-5-7-9-12/h4-9H,1,10-11H2,2-3H3. The Hall–Kier alpha value is -1.02. The second kappa shape index (κ2) is 5.90. The number of hydrogen-bond acceptors (Lipinski definition) is 2. The maximum atomic E-state index is 11.8. The van der Waals surface area contributed by atoms with Crippen LogP contribution in [0.4, 0.5) is 0 Å². The summed E-state index contributed by atoms with van der Waals surface area (Å²) >= 11 is 1.39. The van der Waals surface area contributed by atoms with Crippen molar-refractivity contribution in [2.75, 3.05) is 5.75 Å². The van der Waals surface area contributed by atoms with E-state index in [-0.39, 0.29) is 5.12 Å². The average molecular weight is 234 g/mol. The lowest BCUT2D eigenvalue weighted by Crippen LogP contribution is -2.18. The summed E-state index contributed by atoms with van der Waals surface area (Å²) < 4.78 is 0. The van der Waals surface area contributed by atoms with Gasteiger partial charge in [-0.25, -0.2) is 0 Å². The number of rotatable bonds is 5. The minimum Gasteiger partial charge on any atom is -0.286 e. The highest BCUT2D eigenvalue weighted by Crippen LogP contribution is 2.25. The molecule has 2 heteroatoms. The van der Waals surface area contributed by atoms with Crippen molar-refractivity contribution in [1.29, 1.82) is 0 Å². The van der Waals surface area contributed by atoms with Gasteiger partial charge in [-0.15, -0.1) is 6.58 Å². The summed E-state index contributed by atoms with van der Waals surface area (Å²) in [6, 6.07) is 10.2. The maximum Gasteiger partial charge on any atom is 0.198 e. The number of thioether (sulfide) groups is 1. The van der Waals surface area contributed by atoms with Crippen LogP contribution in [0.3, 0.4) is 0 Å². The molecule has 1 aromatic carbocycles. The minimum absolute atomic E-state index is 0.193. The van der Waals surface area contributed by atoms with Gasteiger partial charge >= 0.3 is 0 Å². The fourth-order valence-corrected chi connectivity index (χ4v) is 2.15. The smallest absolute Gasteiger partial charge is 0.198 e. The van der Waals surface area contributed by atoms with Crippen LogP contribution < -0.4 is 0 Å². The monoisotopic (exact) mass is 234 g/mol. The Kier molecular flexibility index (Phi) is 4.81. The third kappa shape index (κ3) is 3.86. The Morgan fingerprint density at radius 1 is 1.38 bits per heavy atom. The van der Waals surface area contributed by atoms with E-state index in [9.17, 15) is 4.79 Å². The molecule has 0 saturated heterocycles. The Balaban J connectivity index is 2.37. The van der Waals surface area contributed by atoms with Crippen LogP contribution >= 0.6 is 11.8 Å². The summed E-state index contributed by atoms with van der Waals surface area (Å²) in [5.41, 5.74) is 0.862. The van der Waals surface area contributed by atoms with Crippen molar-refractivity contribution in [3.8, 4) is 0 Å². The summed E-state index contributed by atoms with van der Waals surface area (Å²) in [6.07, 6.45) is 2.65. The normalized spacial score (nSPS) is 11.1. The van der Waals surface area contributed by atoms with Gasteiger partial charge in [0.15, 0.2) is 5.12 Å². The van der Waals surface area contributed by atoms with Gasteiger partial charge in [0.2, 0.25) is 0 Å². The summed E-state index contributed by atoms with van der Waals surface area (Å²) in [5, 5.41) is 0.193. The van der Waals surface area contributed by atoms with E-state index in [1.807, 2.05) is 32.0 Å². The first-order valence-electron chi connectivity index (χ1n) is 5.41. The van der Waals surface area contributed by atoms with E-state index in [1.54, 1.807) is 6.08 Å². The van der Waals surface area contributed by atoms with E-state index in [2.05, 4.69) is 18.7 Å². The highest BCUT2D eigenvalue weighted by molar-refractivity contribution is 8.13. The third-order valence-electron chi connectivity index (χ3n) is 2.50. The van der Waals surface area contributed by atoms with Crippen LogP contribution in [0.5, 0.6) is 0 Å². The molecule has 0 bridgehead atoms. The molecule has 0 atom stereocenters. The maximum absolute atomic E-state index is 11.8. The molecule has 0 saturated carbocycles. The lowest BCUT2D eigenvalue weighted by Gasteiger charge is -2.16. The summed E-state index contributed by atoms with van der Waals surface area (Å²) in [6.45, 7) is 7.49. The Bertz CT molecular complexity index is 354. The molecule has 0 aromatic heterocycles. The van der Waals surface area contributed by atoms with Crippen molar-refractivity contribution in [3.05, 3.63) is 48.6 Å². The molecule has 0 fully saturated rings. The molecule has 0 spiro atoms. The molecule has 0 N–H and O–H groups in total. The van der Waals surface area contributed by atoms with Crippen molar-refractivity contribution in [2.45, 2.75) is 20.3 Å². The van der Waals surface area contributed by atoms with E-state index in [4.69, 9.17) is 0 Å². The van der Waals surface area contributed by atoms with Gasteiger partial charge in [-0.3, -0.25) is 4.79 Å². The zero-order chi connectivity index (χ0) is 12.0. The van der Waals surface area contributed by atoms with Crippen LogP contribution in [0.2, 0.25) is 0 Å². The molecule has 1 nitrogen and oxygen atoms in total. The average Bonchev–Trinajstić information content (AvgIpc) is 2.30. The van der Waals surface area contributed by atoms with Crippen LogP contribution in [-0.2, 0) is 11.2 Å². The Morgan fingerprint density at radius 3 is 2.56 bits per heavy atom. The number of aryl methyl sites for hydroxylation is 1. The fraction of sp³-hybridized carbons (Fsp3) is 0.357. The van der Waals surface area contributed by atoms with Crippen molar-refractivity contribution in [1.82, 2.24) is 0 Å². The molecule has 86 valence electrons. The largest absolute Gasteiger partial charge is 0.286 e. The van der Waals surface area contributed by atoms with E-state index in [0.29, 0.717) is 0 Å². The van der Waals surface area contributed by atoms with Crippen LogP contribution in [0.15, 0.2) is 43.0 Å². The molecule has 1 rings (SSSR count). The number of carbonyl (C=O) groups is 1. The minimum atomic E-state index is -0.415. The summed E-state index contributed by atoms with van der Waals surface area (Å²) in [7, 11) is 0. The molecule has 0 unspecified atom stereocenters. The lowest BCUT2D eigenvalue weighted by atomic mass is 9.96. The predicted molar refractivity (Wildman–Crippen MR) is 71.6 cm³/mol. The zero-order valence-corrected chi connectivity index (χ0v) is 10.7. The first-order chi connectivity index (χ1) is 7.56. The van der Waals surface area contributed by atoms with Gasteiger partial charge in [0.1, 0.15) is 0 Å². The molecule has 16 heavy (non-hydrogen) atoms. The molecular weight excluding hydrogens is 216 g/mol. The highest BCUT2D eigenvalue weighted by Gasteiger charge is 2.23. The SMILES string of the molecule is C=CC(C)(C)C(=O)SCCc1ccccc1. The van der Waals surface area contributed by atoms with Gasteiger partial charge in [0.25, 0.3) is 0 Å².